The predicted octanol–water partition coefficient (Wildman–Crippen LogP) is 3.28. The van der Waals surface area contributed by atoms with Crippen LogP contribution in [0.3, 0.4) is 0 Å². The number of anilines is 1. The van der Waals surface area contributed by atoms with Gasteiger partial charge in [0.1, 0.15) is 17.4 Å². The maximum atomic E-state index is 13.9. The Morgan fingerprint density at radius 2 is 1.97 bits per heavy atom. The van der Waals surface area contributed by atoms with Crippen LogP contribution in [-0.4, -0.2) is 60.1 Å². The Balaban J connectivity index is 1.42. The van der Waals surface area contributed by atoms with Gasteiger partial charge in [-0.1, -0.05) is 51.3 Å². The van der Waals surface area contributed by atoms with Crippen molar-refractivity contribution < 1.29 is 23.9 Å². The van der Waals surface area contributed by atoms with Crippen LogP contribution in [0.1, 0.15) is 52.4 Å². The summed E-state index contributed by atoms with van der Waals surface area (Å²) in [6.45, 7) is 4.66. The van der Waals surface area contributed by atoms with Crippen LogP contribution >= 0.6 is 0 Å². The number of rotatable bonds is 8. The summed E-state index contributed by atoms with van der Waals surface area (Å²) in [6, 6.07) is 6.48. The molecule has 0 radical (unpaired) electrons. The summed E-state index contributed by atoms with van der Waals surface area (Å²) < 4.78 is 11.7. The number of nitrogens with zero attached hydrogens (tertiary/aromatic N) is 1. The van der Waals surface area contributed by atoms with Gasteiger partial charge >= 0.3 is 0 Å². The normalized spacial score (nSPS) is 31.1. The number of hydrogen-bond acceptors (Lipinski definition) is 5. The molecule has 5 rings (SSSR count). The Kier molecular flexibility index (Phi) is 6.81. The van der Waals surface area contributed by atoms with Gasteiger partial charge in [0, 0.05) is 24.3 Å². The molecule has 1 aliphatic carbocycles. The van der Waals surface area contributed by atoms with E-state index < -0.39 is 29.6 Å². The molecule has 1 aromatic rings. The van der Waals surface area contributed by atoms with Crippen LogP contribution in [0, 0.1) is 17.8 Å². The molecule has 2 bridgehead atoms. The van der Waals surface area contributed by atoms with Crippen molar-refractivity contribution in [3.8, 4) is 5.75 Å². The van der Waals surface area contributed by atoms with Crippen LogP contribution in [0.2, 0.25) is 0 Å². The Hall–Kier alpha value is -2.87. The van der Waals surface area contributed by atoms with Gasteiger partial charge in [0.25, 0.3) is 0 Å². The minimum atomic E-state index is -1.12. The zero-order valence-electron chi connectivity index (χ0n) is 21.4. The Morgan fingerprint density at radius 3 is 2.69 bits per heavy atom. The third kappa shape index (κ3) is 4.29. The van der Waals surface area contributed by atoms with E-state index in [1.54, 1.807) is 36.3 Å². The largest absolute Gasteiger partial charge is 0.497 e. The second-order valence-electron chi connectivity index (χ2n) is 11.0. The minimum absolute atomic E-state index is 0.124. The Bertz CT molecular complexity index is 1050. The van der Waals surface area contributed by atoms with Crippen molar-refractivity contribution in [1.82, 2.24) is 10.2 Å². The molecule has 3 heterocycles. The van der Waals surface area contributed by atoms with E-state index in [9.17, 15) is 14.4 Å². The molecule has 3 fully saturated rings. The molecule has 1 aromatic carbocycles. The highest BCUT2D eigenvalue weighted by molar-refractivity contribution is 6.02. The van der Waals surface area contributed by atoms with E-state index in [4.69, 9.17) is 9.47 Å². The fraction of sp³-hybridized carbons (Fsp3) is 0.607. The van der Waals surface area contributed by atoms with Crippen LogP contribution in [0.25, 0.3) is 0 Å². The molecule has 5 atom stereocenters. The number of methoxy groups -OCH3 is 1. The average molecular weight is 496 g/mol. The maximum absolute atomic E-state index is 13.9. The first-order chi connectivity index (χ1) is 17.3. The minimum Gasteiger partial charge on any atom is -0.497 e. The molecular weight excluding hydrogens is 458 g/mol. The van der Waals surface area contributed by atoms with E-state index in [0.29, 0.717) is 23.9 Å². The van der Waals surface area contributed by atoms with Gasteiger partial charge in [-0.2, -0.15) is 0 Å². The summed E-state index contributed by atoms with van der Waals surface area (Å²) in [5, 5.41) is 6.17. The highest BCUT2D eigenvalue weighted by Gasteiger charge is 2.72. The standard InChI is InChI=1S/C28H37N3O5/c1-17(2)13-15-31-24(26(33)29-18-8-5-4-6-9-18)28-14-12-21(36-28)22(23(28)27(31)34)25(32)30-19-10-7-11-20(16-19)35-3/h7,10-12,14,16-18,21-24H,4-6,8-9,13,15H2,1-3H3,(H,29,33)(H,30,32). The molecule has 1 spiro atoms. The monoisotopic (exact) mass is 495 g/mol. The number of fused-ring (bicyclic) bond motifs is 1. The maximum Gasteiger partial charge on any atom is 0.246 e. The van der Waals surface area contributed by atoms with Crippen LogP contribution < -0.4 is 15.4 Å². The summed E-state index contributed by atoms with van der Waals surface area (Å²) >= 11 is 0. The van der Waals surface area contributed by atoms with Crippen LogP contribution in [-0.2, 0) is 19.1 Å². The van der Waals surface area contributed by atoms with E-state index in [0.717, 1.165) is 32.1 Å². The van der Waals surface area contributed by atoms with E-state index in [-0.39, 0.29) is 23.8 Å². The quantitative estimate of drug-likeness (QED) is 0.540. The lowest BCUT2D eigenvalue weighted by Crippen LogP contribution is -2.56. The smallest absolute Gasteiger partial charge is 0.246 e. The highest BCUT2D eigenvalue weighted by Crippen LogP contribution is 2.55. The van der Waals surface area contributed by atoms with Crippen molar-refractivity contribution >= 4 is 23.4 Å². The molecule has 3 amide bonds. The second kappa shape index (κ2) is 9.88. The van der Waals surface area contributed by atoms with Crippen molar-refractivity contribution in [2.45, 2.75) is 76.2 Å². The summed E-state index contributed by atoms with van der Waals surface area (Å²) in [4.78, 5) is 42.8. The molecule has 5 unspecified atom stereocenters. The average Bonchev–Trinajstić information content (AvgIpc) is 3.50. The van der Waals surface area contributed by atoms with E-state index in [1.165, 1.54) is 6.42 Å². The predicted molar refractivity (Wildman–Crippen MR) is 135 cm³/mol. The SMILES string of the molecule is COc1cccc(NC(=O)C2C3C=CC4(O3)C2C(=O)N(CCC(C)C)C4C(=O)NC2CCCCC2)c1. The third-order valence-corrected chi connectivity index (χ3v) is 8.16. The molecule has 1 saturated carbocycles. The first-order valence-corrected chi connectivity index (χ1v) is 13.3. The summed E-state index contributed by atoms with van der Waals surface area (Å²) in [6.07, 6.45) is 9.27. The summed E-state index contributed by atoms with van der Waals surface area (Å²) in [5.74, 6) is -1.05. The number of likely N-dealkylation sites (tertiary alicyclic amines) is 1. The molecule has 0 aromatic heterocycles. The van der Waals surface area contributed by atoms with Crippen LogP contribution in [0.15, 0.2) is 36.4 Å². The molecule has 2 N–H and O–H groups in total. The third-order valence-electron chi connectivity index (χ3n) is 8.16. The zero-order valence-corrected chi connectivity index (χ0v) is 21.4. The zero-order chi connectivity index (χ0) is 25.4. The number of nitrogens with one attached hydrogen (secondary N) is 2. The van der Waals surface area contributed by atoms with E-state index in [2.05, 4.69) is 24.5 Å². The number of amides is 3. The van der Waals surface area contributed by atoms with Gasteiger partial charge in [0.05, 0.1) is 25.0 Å². The van der Waals surface area contributed by atoms with Gasteiger partial charge < -0.3 is 25.0 Å². The van der Waals surface area contributed by atoms with E-state index >= 15 is 0 Å². The molecule has 8 heteroatoms. The van der Waals surface area contributed by atoms with Crippen LogP contribution in [0.5, 0.6) is 5.75 Å². The van der Waals surface area contributed by atoms with Gasteiger partial charge in [-0.15, -0.1) is 0 Å². The number of carbonyl (C=O) groups excluding carboxylic acids is 3. The number of carbonyl (C=O) groups is 3. The molecule has 3 aliphatic heterocycles. The first-order valence-electron chi connectivity index (χ1n) is 13.3. The molecule has 8 nitrogen and oxygen atoms in total. The number of ether oxygens (including phenoxy) is 2. The summed E-state index contributed by atoms with van der Waals surface area (Å²) in [5.41, 5.74) is -0.526. The number of benzene rings is 1. The molecule has 4 aliphatic rings. The van der Waals surface area contributed by atoms with Crippen molar-refractivity contribution in [3.05, 3.63) is 36.4 Å². The fourth-order valence-corrected chi connectivity index (χ4v) is 6.36. The van der Waals surface area contributed by atoms with Gasteiger partial charge in [-0.25, -0.2) is 0 Å². The lowest BCUT2D eigenvalue weighted by atomic mass is 9.74. The highest BCUT2D eigenvalue weighted by atomic mass is 16.5. The Morgan fingerprint density at radius 1 is 1.19 bits per heavy atom. The fourth-order valence-electron chi connectivity index (χ4n) is 6.36. The van der Waals surface area contributed by atoms with Gasteiger partial charge in [-0.05, 0) is 37.3 Å². The summed E-state index contributed by atoms with van der Waals surface area (Å²) in [7, 11) is 1.57. The molecule has 2 saturated heterocycles. The van der Waals surface area contributed by atoms with E-state index in [1.807, 2.05) is 12.2 Å². The van der Waals surface area contributed by atoms with Crippen LogP contribution in [0.4, 0.5) is 5.69 Å². The number of hydrogen-bond donors (Lipinski definition) is 2. The lowest BCUT2D eigenvalue weighted by Gasteiger charge is -2.34. The first kappa shape index (κ1) is 24.8. The Labute approximate surface area is 212 Å². The van der Waals surface area contributed by atoms with Crippen molar-refractivity contribution in [1.29, 1.82) is 0 Å². The lowest BCUT2D eigenvalue weighted by molar-refractivity contribution is -0.141. The second-order valence-corrected chi connectivity index (χ2v) is 11.0. The van der Waals surface area contributed by atoms with Crippen molar-refractivity contribution in [3.63, 3.8) is 0 Å². The molecule has 36 heavy (non-hydrogen) atoms. The topological polar surface area (TPSA) is 97.0 Å². The van der Waals surface area contributed by atoms with Gasteiger partial charge in [0.15, 0.2) is 0 Å². The van der Waals surface area contributed by atoms with Gasteiger partial charge in [0.2, 0.25) is 17.7 Å². The van der Waals surface area contributed by atoms with Gasteiger partial charge in [-0.3, -0.25) is 14.4 Å². The van der Waals surface area contributed by atoms with Crippen molar-refractivity contribution in [2.75, 3.05) is 19.0 Å². The molecular formula is C28H37N3O5. The molecule has 194 valence electrons. The van der Waals surface area contributed by atoms with Crippen molar-refractivity contribution in [2.24, 2.45) is 17.8 Å².